The van der Waals surface area contributed by atoms with E-state index >= 15 is 0 Å². The molecule has 0 spiro atoms. The molecule has 5 rings (SSSR count). The summed E-state index contributed by atoms with van der Waals surface area (Å²) in [7, 11) is 0. The monoisotopic (exact) mass is 599 g/mol. The Labute approximate surface area is 248 Å². The van der Waals surface area contributed by atoms with Crippen LogP contribution in [-0.4, -0.2) is 28.4 Å². The molecule has 2 amide bonds. The molecule has 5 nitrogen and oxygen atoms in total. The van der Waals surface area contributed by atoms with Gasteiger partial charge in [0, 0.05) is 35.4 Å². The molecule has 0 radical (unpaired) electrons. The normalized spacial score (nSPS) is 18.5. The van der Waals surface area contributed by atoms with Gasteiger partial charge in [-0.15, -0.1) is 0 Å². The van der Waals surface area contributed by atoms with Crippen molar-refractivity contribution in [1.29, 1.82) is 0 Å². The van der Waals surface area contributed by atoms with Crippen LogP contribution in [0.1, 0.15) is 61.4 Å². The fourth-order valence-corrected chi connectivity index (χ4v) is 6.13. The van der Waals surface area contributed by atoms with Gasteiger partial charge in [0.25, 0.3) is 0 Å². The zero-order valence-electron chi connectivity index (χ0n) is 23.8. The average Bonchev–Trinajstić information content (AvgIpc) is 3.44. The summed E-state index contributed by atoms with van der Waals surface area (Å²) < 4.78 is 54.1. The molecule has 2 atom stereocenters. The van der Waals surface area contributed by atoms with Crippen LogP contribution < -0.4 is 9.47 Å². The summed E-state index contributed by atoms with van der Waals surface area (Å²) in [6.07, 6.45) is -2.61. The predicted octanol–water partition coefficient (Wildman–Crippen LogP) is 7.59. The average molecular weight is 600 g/mol. The summed E-state index contributed by atoms with van der Waals surface area (Å²) >= 11 is 6.26. The zero-order chi connectivity index (χ0) is 30.2. The van der Waals surface area contributed by atoms with Crippen molar-refractivity contribution >= 4 is 23.4 Å². The van der Waals surface area contributed by atoms with E-state index in [1.165, 1.54) is 17.0 Å². The maximum Gasteiger partial charge on any atom is 0.419 e. The van der Waals surface area contributed by atoms with Gasteiger partial charge in [0.15, 0.2) is 0 Å². The Morgan fingerprint density at radius 2 is 1.86 bits per heavy atom. The van der Waals surface area contributed by atoms with Crippen LogP contribution in [0.5, 0.6) is 11.5 Å². The molecule has 2 aliphatic heterocycles. The Hall–Kier alpha value is -3.52. The number of hydrogen-bond acceptors (Lipinski definition) is 4. The Balaban J connectivity index is 1.31. The van der Waals surface area contributed by atoms with Crippen molar-refractivity contribution in [3.05, 3.63) is 93.5 Å². The van der Waals surface area contributed by atoms with E-state index in [9.17, 15) is 22.8 Å². The molecule has 0 unspecified atom stereocenters. The fourth-order valence-electron chi connectivity index (χ4n) is 5.86. The minimum absolute atomic E-state index is 0.0504. The van der Waals surface area contributed by atoms with Crippen LogP contribution >= 0.6 is 11.6 Å². The summed E-state index contributed by atoms with van der Waals surface area (Å²) in [5.41, 5.74) is 1.43. The van der Waals surface area contributed by atoms with Crippen molar-refractivity contribution in [3.8, 4) is 11.5 Å². The summed E-state index contributed by atoms with van der Waals surface area (Å²) in [5, 5.41) is 0.459. The van der Waals surface area contributed by atoms with Gasteiger partial charge in [0.1, 0.15) is 23.7 Å². The number of carbonyl (C=O) groups is 2. The van der Waals surface area contributed by atoms with Crippen LogP contribution in [0.4, 0.5) is 13.2 Å². The topological polar surface area (TPSA) is 55.8 Å². The number of halogens is 4. The molecule has 9 heteroatoms. The molecular formula is C33H33ClF3NO4. The van der Waals surface area contributed by atoms with Crippen molar-refractivity contribution < 1.29 is 32.2 Å². The highest BCUT2D eigenvalue weighted by atomic mass is 35.5. The molecule has 42 heavy (non-hydrogen) atoms. The van der Waals surface area contributed by atoms with E-state index in [-0.39, 0.29) is 43.1 Å². The molecule has 0 saturated carbocycles. The van der Waals surface area contributed by atoms with Gasteiger partial charge in [0.2, 0.25) is 11.8 Å². The fraction of sp³-hybridized carbons (Fsp3) is 0.394. The first-order valence-electron chi connectivity index (χ1n) is 14.0. The number of nitrogens with zero attached hydrogens (tertiary/aromatic N) is 1. The first-order valence-corrected chi connectivity index (χ1v) is 14.4. The second kappa shape index (κ2) is 11.6. The lowest BCUT2D eigenvalue weighted by Gasteiger charge is -2.26. The minimum atomic E-state index is -4.68. The number of imide groups is 1. The number of ether oxygens (including phenoxy) is 2. The van der Waals surface area contributed by atoms with Gasteiger partial charge in [-0.25, -0.2) is 0 Å². The highest BCUT2D eigenvalue weighted by molar-refractivity contribution is 6.30. The van der Waals surface area contributed by atoms with Crippen LogP contribution in [0.2, 0.25) is 5.02 Å². The van der Waals surface area contributed by atoms with E-state index in [1.807, 2.05) is 44.2 Å². The number of likely N-dealkylation sites (tertiary alicyclic amines) is 1. The molecule has 1 fully saturated rings. The second-order valence-corrected chi connectivity index (χ2v) is 12.2. The lowest BCUT2D eigenvalue weighted by Crippen LogP contribution is -2.43. The third-order valence-corrected chi connectivity index (χ3v) is 7.99. The quantitative estimate of drug-likeness (QED) is 0.268. The molecule has 2 aliphatic rings. The van der Waals surface area contributed by atoms with Crippen LogP contribution in [0, 0.1) is 5.92 Å². The molecule has 0 N–H and O–H groups in total. The van der Waals surface area contributed by atoms with Crippen molar-refractivity contribution in [2.45, 2.75) is 77.3 Å². The SMILES string of the molecule is C[C@H](Cc1ccc(OCc2cc(Cl)cc3c2OC(C)(C)C3)c(C(F)(F)F)c1)C(=O)N1C(=O)CC[C@H]1Cc1ccccc1. The molecular weight excluding hydrogens is 567 g/mol. The Bertz CT molecular complexity index is 1490. The molecule has 0 aliphatic carbocycles. The standard InChI is InChI=1S/C33H33ClF3NO4/c1-20(31(40)38-26(10-12-29(38)39)14-21-7-5-4-6-8-21)13-22-9-11-28(27(15-22)33(35,36)37)41-19-24-17-25(34)16-23-18-32(2,3)42-30(23)24/h4-9,11,15-17,20,26H,10,12-14,18-19H2,1-3H3/t20-,26+/m1/s1. The molecule has 0 aromatic heterocycles. The molecule has 3 aromatic carbocycles. The molecule has 222 valence electrons. The number of fused-ring (bicyclic) bond motifs is 1. The third kappa shape index (κ3) is 6.59. The number of carbonyl (C=O) groups excluding carboxylic acids is 2. The summed E-state index contributed by atoms with van der Waals surface area (Å²) in [4.78, 5) is 27.3. The number of rotatable bonds is 8. The molecule has 1 saturated heterocycles. The maximum atomic E-state index is 14.1. The van der Waals surface area contributed by atoms with E-state index in [2.05, 4.69) is 0 Å². The summed E-state index contributed by atoms with van der Waals surface area (Å²) in [5.74, 6) is -1.04. The Morgan fingerprint density at radius 1 is 1.12 bits per heavy atom. The van der Waals surface area contributed by atoms with Gasteiger partial charge in [-0.3, -0.25) is 14.5 Å². The molecule has 0 bridgehead atoms. The first-order chi connectivity index (χ1) is 19.8. The van der Waals surface area contributed by atoms with E-state index in [0.717, 1.165) is 17.2 Å². The highest BCUT2D eigenvalue weighted by Crippen LogP contribution is 2.42. The van der Waals surface area contributed by atoms with Crippen LogP contribution in [0.25, 0.3) is 0 Å². The van der Waals surface area contributed by atoms with Crippen LogP contribution in [0.15, 0.2) is 60.7 Å². The number of benzene rings is 3. The summed E-state index contributed by atoms with van der Waals surface area (Å²) in [6, 6.07) is 16.6. The lowest BCUT2D eigenvalue weighted by atomic mass is 9.96. The van der Waals surface area contributed by atoms with E-state index in [4.69, 9.17) is 21.1 Å². The van der Waals surface area contributed by atoms with Crippen molar-refractivity contribution in [3.63, 3.8) is 0 Å². The van der Waals surface area contributed by atoms with Gasteiger partial charge in [-0.05, 0) is 74.1 Å². The van der Waals surface area contributed by atoms with Gasteiger partial charge in [-0.2, -0.15) is 13.2 Å². The highest BCUT2D eigenvalue weighted by Gasteiger charge is 2.39. The van der Waals surface area contributed by atoms with Crippen molar-refractivity contribution in [2.75, 3.05) is 0 Å². The lowest BCUT2D eigenvalue weighted by molar-refractivity contribution is -0.146. The molecule has 3 aromatic rings. The third-order valence-electron chi connectivity index (χ3n) is 7.77. The summed E-state index contributed by atoms with van der Waals surface area (Å²) in [6.45, 7) is 5.35. The number of hydrogen-bond donors (Lipinski definition) is 0. The smallest absolute Gasteiger partial charge is 0.419 e. The number of amides is 2. The van der Waals surface area contributed by atoms with Crippen molar-refractivity contribution in [1.82, 2.24) is 4.90 Å². The van der Waals surface area contributed by atoms with Gasteiger partial charge >= 0.3 is 6.18 Å². The van der Waals surface area contributed by atoms with E-state index in [1.54, 1.807) is 19.1 Å². The minimum Gasteiger partial charge on any atom is -0.488 e. The number of alkyl halides is 3. The predicted molar refractivity (Wildman–Crippen MR) is 154 cm³/mol. The Kier molecular flexibility index (Phi) is 8.30. The zero-order valence-corrected chi connectivity index (χ0v) is 24.5. The first kappa shape index (κ1) is 30.0. The maximum absolute atomic E-state index is 14.1. The van der Waals surface area contributed by atoms with Crippen LogP contribution in [-0.2, 0) is 41.6 Å². The van der Waals surface area contributed by atoms with E-state index in [0.29, 0.717) is 41.2 Å². The van der Waals surface area contributed by atoms with Crippen LogP contribution in [0.3, 0.4) is 0 Å². The second-order valence-electron chi connectivity index (χ2n) is 11.8. The van der Waals surface area contributed by atoms with E-state index < -0.39 is 23.3 Å². The van der Waals surface area contributed by atoms with Crippen molar-refractivity contribution in [2.24, 2.45) is 5.92 Å². The molecule has 2 heterocycles. The Morgan fingerprint density at radius 3 is 2.57 bits per heavy atom. The van der Waals surface area contributed by atoms with Gasteiger partial charge < -0.3 is 9.47 Å². The largest absolute Gasteiger partial charge is 0.488 e. The van der Waals surface area contributed by atoms with Gasteiger partial charge in [-0.1, -0.05) is 54.9 Å². The van der Waals surface area contributed by atoms with Gasteiger partial charge in [0.05, 0.1) is 5.56 Å².